The summed E-state index contributed by atoms with van der Waals surface area (Å²) in [6, 6.07) is 13.9. The first-order valence-corrected chi connectivity index (χ1v) is 11.9. The Morgan fingerprint density at radius 3 is 2.56 bits per heavy atom. The number of nitrogens with zero attached hydrogens (tertiary/aromatic N) is 2. The highest BCUT2D eigenvalue weighted by molar-refractivity contribution is 7.07. The molecule has 1 atom stereocenters. The monoisotopic (exact) mass is 494 g/mol. The predicted molar refractivity (Wildman–Crippen MR) is 134 cm³/mol. The average Bonchev–Trinajstić information content (AvgIpc) is 3.12. The van der Waals surface area contributed by atoms with Gasteiger partial charge in [-0.3, -0.25) is 9.36 Å². The number of benzene rings is 2. The molecule has 1 aliphatic heterocycles. The summed E-state index contributed by atoms with van der Waals surface area (Å²) in [6.07, 6.45) is 3.49. The van der Waals surface area contributed by atoms with E-state index < -0.39 is 12.0 Å². The fourth-order valence-corrected chi connectivity index (χ4v) is 4.89. The van der Waals surface area contributed by atoms with E-state index in [2.05, 4.69) is 11.6 Å². The fraction of sp³-hybridized carbons (Fsp3) is 0.192. The molecular weight excluding hydrogens is 472 g/mol. The van der Waals surface area contributed by atoms with Crippen LogP contribution in [0.3, 0.4) is 0 Å². The number of thiazole rings is 1. The number of hydrogen-bond donors (Lipinski definition) is 0. The molecule has 2 aromatic carbocycles. The van der Waals surface area contributed by atoms with Gasteiger partial charge in [0.15, 0.2) is 4.80 Å². The molecule has 4 rings (SSSR count). The lowest BCUT2D eigenvalue weighted by Crippen LogP contribution is -2.39. The number of fused-ring (bicyclic) bond motifs is 1. The number of rotatable bonds is 7. The van der Waals surface area contributed by atoms with Gasteiger partial charge in [-0.05, 0) is 55.3 Å². The van der Waals surface area contributed by atoms with Gasteiger partial charge in [-0.25, -0.2) is 9.79 Å². The molecule has 3 aromatic rings. The Kier molecular flexibility index (Phi) is 7.14. The number of carbonyl (C=O) groups is 1. The van der Waals surface area contributed by atoms with E-state index in [1.165, 1.54) is 11.3 Å². The first kappa shape index (κ1) is 23.7. The van der Waals surface area contributed by atoms with Crippen molar-refractivity contribution in [1.29, 1.82) is 0 Å². The third kappa shape index (κ3) is 4.76. The van der Waals surface area contributed by atoms with Crippen LogP contribution in [0, 0.1) is 0 Å². The summed E-state index contributed by atoms with van der Waals surface area (Å²) in [4.78, 5) is 31.5. The molecule has 0 fully saturated rings. The van der Waals surface area contributed by atoms with Crippen LogP contribution in [0.1, 0.15) is 31.0 Å². The van der Waals surface area contributed by atoms with E-state index in [9.17, 15) is 9.59 Å². The largest absolute Gasteiger partial charge is 0.490 e. The van der Waals surface area contributed by atoms with E-state index >= 15 is 0 Å². The van der Waals surface area contributed by atoms with E-state index in [0.717, 1.165) is 16.9 Å². The molecule has 0 N–H and O–H groups in total. The molecule has 1 unspecified atom stereocenters. The van der Waals surface area contributed by atoms with Gasteiger partial charge in [0.05, 0.1) is 28.5 Å². The zero-order valence-electron chi connectivity index (χ0n) is 18.8. The fourth-order valence-electron chi connectivity index (χ4n) is 3.72. The van der Waals surface area contributed by atoms with Crippen molar-refractivity contribution in [2.24, 2.45) is 4.99 Å². The molecule has 6 nitrogen and oxygen atoms in total. The third-order valence-electron chi connectivity index (χ3n) is 5.25. The lowest BCUT2D eigenvalue weighted by atomic mass is 9.96. The van der Waals surface area contributed by atoms with Crippen molar-refractivity contribution in [1.82, 2.24) is 4.57 Å². The minimum atomic E-state index is -0.663. The maximum Gasteiger partial charge on any atom is 0.338 e. The summed E-state index contributed by atoms with van der Waals surface area (Å²) in [5, 5.41) is 0.565. The molecule has 174 valence electrons. The molecule has 0 radical (unpaired) electrons. The number of allylic oxidation sites excluding steroid dienone is 1. The molecule has 0 saturated carbocycles. The molecule has 1 aromatic heterocycles. The molecule has 0 saturated heterocycles. The Balaban J connectivity index is 1.84. The summed E-state index contributed by atoms with van der Waals surface area (Å²) in [5.41, 5.74) is 2.23. The topological polar surface area (TPSA) is 69.9 Å². The molecule has 0 amide bonds. The van der Waals surface area contributed by atoms with E-state index in [0.29, 0.717) is 32.2 Å². The van der Waals surface area contributed by atoms with Crippen LogP contribution in [0.5, 0.6) is 5.75 Å². The maximum atomic E-state index is 13.6. The first-order chi connectivity index (χ1) is 16.4. The third-order valence-corrected chi connectivity index (χ3v) is 6.48. The lowest BCUT2D eigenvalue weighted by molar-refractivity contribution is -0.139. The Hall–Kier alpha value is -3.42. The molecule has 34 heavy (non-hydrogen) atoms. The predicted octanol–water partition coefficient (Wildman–Crippen LogP) is 4.02. The number of esters is 1. The van der Waals surface area contributed by atoms with Crippen molar-refractivity contribution in [3.8, 4) is 5.75 Å². The van der Waals surface area contributed by atoms with E-state index in [4.69, 9.17) is 21.1 Å². The number of hydrogen-bond acceptors (Lipinski definition) is 6. The molecule has 8 heteroatoms. The van der Waals surface area contributed by atoms with Crippen LogP contribution in [0.15, 0.2) is 82.2 Å². The van der Waals surface area contributed by atoms with Gasteiger partial charge in [0, 0.05) is 5.02 Å². The highest BCUT2D eigenvalue weighted by Gasteiger charge is 2.33. The number of carbonyl (C=O) groups excluding carboxylic acids is 1. The zero-order valence-corrected chi connectivity index (χ0v) is 20.4. The SMILES string of the molecule is C=CCOc1ccc(/C=c2\sc3n(c2=O)C(c2ccc(Cl)cc2)C(C(=O)OCC)=C(C)N=3)cc1. The van der Waals surface area contributed by atoms with Crippen molar-refractivity contribution in [3.05, 3.63) is 108 Å². The second kappa shape index (κ2) is 10.2. The van der Waals surface area contributed by atoms with Gasteiger partial charge < -0.3 is 9.47 Å². The van der Waals surface area contributed by atoms with Crippen molar-refractivity contribution in [2.45, 2.75) is 19.9 Å². The van der Waals surface area contributed by atoms with Crippen molar-refractivity contribution < 1.29 is 14.3 Å². The zero-order chi connectivity index (χ0) is 24.2. The van der Waals surface area contributed by atoms with Crippen molar-refractivity contribution in [3.63, 3.8) is 0 Å². The van der Waals surface area contributed by atoms with E-state index in [1.807, 2.05) is 42.5 Å². The average molecular weight is 495 g/mol. The summed E-state index contributed by atoms with van der Waals surface area (Å²) in [6.45, 7) is 7.79. The summed E-state index contributed by atoms with van der Waals surface area (Å²) < 4.78 is 12.9. The van der Waals surface area contributed by atoms with Crippen LogP contribution < -0.4 is 19.6 Å². The Morgan fingerprint density at radius 1 is 1.21 bits per heavy atom. The number of aromatic nitrogens is 1. The maximum absolute atomic E-state index is 13.6. The van der Waals surface area contributed by atoms with Gasteiger partial charge in [-0.2, -0.15) is 0 Å². The normalized spacial score (nSPS) is 15.5. The molecule has 2 heterocycles. The highest BCUT2D eigenvalue weighted by atomic mass is 35.5. The van der Waals surface area contributed by atoms with E-state index in [-0.39, 0.29) is 12.2 Å². The second-order valence-electron chi connectivity index (χ2n) is 7.52. The van der Waals surface area contributed by atoms with Gasteiger partial charge in [-0.1, -0.05) is 59.9 Å². The Labute approximate surface area is 205 Å². The van der Waals surface area contributed by atoms with Gasteiger partial charge in [0.25, 0.3) is 5.56 Å². The standard InChI is InChI=1S/C26H23ClN2O4S/c1-4-14-33-20-12-6-17(7-13-20)15-21-24(30)29-23(18-8-10-19(27)11-9-18)22(25(31)32-5-2)16(3)28-26(29)34-21/h4,6-13,15,23H,1,5,14H2,2-3H3/b21-15-. The molecule has 0 bridgehead atoms. The number of halogens is 1. The lowest BCUT2D eigenvalue weighted by Gasteiger charge is -2.24. The molecule has 0 spiro atoms. The summed E-state index contributed by atoms with van der Waals surface area (Å²) in [7, 11) is 0. The van der Waals surface area contributed by atoms with Crippen LogP contribution >= 0.6 is 22.9 Å². The molecular formula is C26H23ClN2O4S. The van der Waals surface area contributed by atoms with Gasteiger partial charge >= 0.3 is 5.97 Å². The highest BCUT2D eigenvalue weighted by Crippen LogP contribution is 2.31. The molecule has 0 aliphatic carbocycles. The quantitative estimate of drug-likeness (QED) is 0.367. The minimum Gasteiger partial charge on any atom is -0.490 e. The van der Waals surface area contributed by atoms with E-state index in [1.54, 1.807) is 36.6 Å². The molecule has 1 aliphatic rings. The van der Waals surface area contributed by atoms with Gasteiger partial charge in [-0.15, -0.1) is 0 Å². The summed E-state index contributed by atoms with van der Waals surface area (Å²) >= 11 is 7.36. The van der Waals surface area contributed by atoms with Crippen molar-refractivity contribution in [2.75, 3.05) is 13.2 Å². The smallest absolute Gasteiger partial charge is 0.338 e. The minimum absolute atomic E-state index is 0.222. The van der Waals surface area contributed by atoms with Gasteiger partial charge in [0.2, 0.25) is 0 Å². The van der Waals surface area contributed by atoms with Crippen LogP contribution in [0.25, 0.3) is 6.08 Å². The van der Waals surface area contributed by atoms with Gasteiger partial charge in [0.1, 0.15) is 12.4 Å². The summed E-state index contributed by atoms with van der Waals surface area (Å²) in [5.74, 6) is 0.226. The van der Waals surface area contributed by atoms with Crippen LogP contribution in [-0.4, -0.2) is 23.8 Å². The number of ether oxygens (including phenoxy) is 2. The first-order valence-electron chi connectivity index (χ1n) is 10.7. The van der Waals surface area contributed by atoms with Crippen LogP contribution in [0.4, 0.5) is 0 Å². The van der Waals surface area contributed by atoms with Crippen molar-refractivity contribution >= 4 is 35.0 Å². The van der Waals surface area contributed by atoms with Crippen LogP contribution in [0.2, 0.25) is 5.02 Å². The Morgan fingerprint density at radius 2 is 1.91 bits per heavy atom. The second-order valence-corrected chi connectivity index (χ2v) is 8.97. The van der Waals surface area contributed by atoms with Crippen LogP contribution in [-0.2, 0) is 9.53 Å². The Bertz CT molecular complexity index is 1430.